The van der Waals surface area contributed by atoms with Crippen molar-refractivity contribution in [3.63, 3.8) is 0 Å². The fourth-order valence-corrected chi connectivity index (χ4v) is 3.28. The van der Waals surface area contributed by atoms with Gasteiger partial charge < -0.3 is 16.4 Å². The molecule has 0 radical (unpaired) electrons. The van der Waals surface area contributed by atoms with E-state index in [1.165, 1.54) is 25.1 Å². The summed E-state index contributed by atoms with van der Waals surface area (Å²) in [6.07, 6.45) is 0.154. The van der Waals surface area contributed by atoms with Crippen molar-refractivity contribution < 1.29 is 18.8 Å². The van der Waals surface area contributed by atoms with Gasteiger partial charge in [-0.15, -0.1) is 0 Å². The van der Waals surface area contributed by atoms with Gasteiger partial charge in [0.1, 0.15) is 17.9 Å². The first-order valence-electron chi connectivity index (χ1n) is 9.77. The zero-order valence-electron chi connectivity index (χ0n) is 17.0. The van der Waals surface area contributed by atoms with Crippen molar-refractivity contribution in [2.45, 2.75) is 31.8 Å². The van der Waals surface area contributed by atoms with Gasteiger partial charge in [0.2, 0.25) is 17.7 Å². The van der Waals surface area contributed by atoms with E-state index in [2.05, 4.69) is 15.6 Å². The highest BCUT2D eigenvalue weighted by atomic mass is 19.1. The monoisotopic (exact) mass is 422 g/mol. The molecule has 0 saturated carbocycles. The number of rotatable bonds is 8. The molecule has 1 heterocycles. The van der Waals surface area contributed by atoms with Crippen molar-refractivity contribution >= 4 is 28.6 Å². The number of halogens is 1. The number of para-hydroxylation sites is 1. The lowest BCUT2D eigenvalue weighted by Gasteiger charge is -2.21. The van der Waals surface area contributed by atoms with Crippen LogP contribution in [0.25, 0.3) is 10.9 Å². The normalized spacial score (nSPS) is 12.7. The van der Waals surface area contributed by atoms with E-state index in [4.69, 9.17) is 5.73 Å². The van der Waals surface area contributed by atoms with Gasteiger partial charge in [0.05, 0.1) is 5.52 Å². The zero-order valence-corrected chi connectivity index (χ0v) is 17.0. The largest absolute Gasteiger partial charge is 0.368 e. The number of aromatic nitrogens is 1. The summed E-state index contributed by atoms with van der Waals surface area (Å²) in [6, 6.07) is 14.9. The maximum absolute atomic E-state index is 13.5. The van der Waals surface area contributed by atoms with Crippen LogP contribution in [0.3, 0.4) is 0 Å². The Morgan fingerprint density at radius 3 is 2.45 bits per heavy atom. The van der Waals surface area contributed by atoms with E-state index in [0.29, 0.717) is 11.3 Å². The highest BCUT2D eigenvalue weighted by molar-refractivity contribution is 5.91. The molecule has 7 nitrogen and oxygen atoms in total. The summed E-state index contributed by atoms with van der Waals surface area (Å²) >= 11 is 0. The lowest BCUT2D eigenvalue weighted by atomic mass is 10.0. The molecular weight excluding hydrogens is 399 g/mol. The summed E-state index contributed by atoms with van der Waals surface area (Å²) in [6.45, 7) is 1.27. The quantitative estimate of drug-likeness (QED) is 0.512. The van der Waals surface area contributed by atoms with Gasteiger partial charge in [-0.1, -0.05) is 36.4 Å². The summed E-state index contributed by atoms with van der Waals surface area (Å²) in [4.78, 5) is 40.9. The minimum atomic E-state index is -1.02. The average Bonchev–Trinajstić information content (AvgIpc) is 2.72. The first-order valence-corrected chi connectivity index (χ1v) is 9.77. The van der Waals surface area contributed by atoms with Crippen molar-refractivity contribution in [1.82, 2.24) is 15.6 Å². The predicted molar refractivity (Wildman–Crippen MR) is 114 cm³/mol. The average molecular weight is 422 g/mol. The number of hydrogen-bond acceptors (Lipinski definition) is 4. The SMILES string of the molecule is CC(=O)N[C@H](Cc1cccc(F)c1)C(=O)N[C@H](Cc1ccc2ccccc2n1)C(N)=O. The van der Waals surface area contributed by atoms with Crippen molar-refractivity contribution in [2.24, 2.45) is 5.73 Å². The van der Waals surface area contributed by atoms with E-state index in [9.17, 15) is 18.8 Å². The smallest absolute Gasteiger partial charge is 0.243 e. The molecule has 2 atom stereocenters. The second kappa shape index (κ2) is 9.80. The van der Waals surface area contributed by atoms with E-state index in [1.807, 2.05) is 30.3 Å². The van der Waals surface area contributed by atoms with E-state index < -0.39 is 35.6 Å². The molecule has 3 amide bonds. The maximum Gasteiger partial charge on any atom is 0.243 e. The maximum atomic E-state index is 13.5. The number of pyridine rings is 1. The number of hydrogen-bond donors (Lipinski definition) is 3. The molecule has 1 aromatic heterocycles. The van der Waals surface area contributed by atoms with Crippen LogP contribution in [0.4, 0.5) is 4.39 Å². The Labute approximate surface area is 178 Å². The number of primary amides is 1. The van der Waals surface area contributed by atoms with E-state index in [1.54, 1.807) is 12.1 Å². The molecule has 160 valence electrons. The third-order valence-electron chi connectivity index (χ3n) is 4.75. The van der Waals surface area contributed by atoms with Crippen LogP contribution in [0.2, 0.25) is 0 Å². The number of fused-ring (bicyclic) bond motifs is 1. The number of nitrogens with zero attached hydrogens (tertiary/aromatic N) is 1. The molecule has 8 heteroatoms. The molecule has 0 bridgehead atoms. The molecule has 0 spiro atoms. The number of benzene rings is 2. The fraction of sp³-hybridized carbons (Fsp3) is 0.217. The van der Waals surface area contributed by atoms with Crippen LogP contribution < -0.4 is 16.4 Å². The molecule has 0 aliphatic heterocycles. The van der Waals surface area contributed by atoms with Crippen LogP contribution >= 0.6 is 0 Å². The Morgan fingerprint density at radius 2 is 1.74 bits per heavy atom. The van der Waals surface area contributed by atoms with Gasteiger partial charge in [-0.25, -0.2) is 4.39 Å². The second-order valence-electron chi connectivity index (χ2n) is 7.25. The highest BCUT2D eigenvalue weighted by Crippen LogP contribution is 2.13. The molecule has 0 aliphatic carbocycles. The molecule has 0 fully saturated rings. The molecule has 3 rings (SSSR count). The van der Waals surface area contributed by atoms with E-state index in [-0.39, 0.29) is 12.8 Å². The van der Waals surface area contributed by atoms with Crippen LogP contribution in [0.15, 0.2) is 60.7 Å². The van der Waals surface area contributed by atoms with Crippen LogP contribution in [0, 0.1) is 5.82 Å². The molecular formula is C23H23FN4O3. The zero-order chi connectivity index (χ0) is 22.4. The Hall–Kier alpha value is -3.81. The summed E-state index contributed by atoms with van der Waals surface area (Å²) in [5.74, 6) is -2.19. The topological polar surface area (TPSA) is 114 Å². The summed E-state index contributed by atoms with van der Waals surface area (Å²) in [5, 5.41) is 6.08. The fourth-order valence-electron chi connectivity index (χ4n) is 3.28. The summed E-state index contributed by atoms with van der Waals surface area (Å²) < 4.78 is 13.5. The lowest BCUT2D eigenvalue weighted by Crippen LogP contribution is -2.54. The molecule has 3 aromatic rings. The van der Waals surface area contributed by atoms with Crippen LogP contribution in [0.1, 0.15) is 18.2 Å². The van der Waals surface area contributed by atoms with Crippen LogP contribution in [-0.4, -0.2) is 34.8 Å². The minimum absolute atomic E-state index is 0.0584. The Balaban J connectivity index is 1.75. The molecule has 0 unspecified atom stereocenters. The van der Waals surface area contributed by atoms with Gasteiger partial charge in [-0.3, -0.25) is 19.4 Å². The highest BCUT2D eigenvalue weighted by Gasteiger charge is 2.26. The summed E-state index contributed by atoms with van der Waals surface area (Å²) in [7, 11) is 0. The van der Waals surface area contributed by atoms with Crippen molar-refractivity contribution in [3.05, 3.63) is 77.7 Å². The first kappa shape index (κ1) is 21.9. The number of nitrogens with two attached hydrogens (primary N) is 1. The Kier molecular flexibility index (Phi) is 6.92. The molecule has 4 N–H and O–H groups in total. The summed E-state index contributed by atoms with van der Waals surface area (Å²) in [5.41, 5.74) is 7.38. The van der Waals surface area contributed by atoms with Gasteiger partial charge >= 0.3 is 0 Å². The number of carbonyl (C=O) groups is 3. The van der Waals surface area contributed by atoms with Crippen LogP contribution in [0.5, 0.6) is 0 Å². The van der Waals surface area contributed by atoms with Gasteiger partial charge in [-0.05, 0) is 29.8 Å². The van der Waals surface area contributed by atoms with Crippen molar-refractivity contribution in [1.29, 1.82) is 0 Å². The standard InChI is InChI=1S/C23H23FN4O3/c1-14(29)26-21(12-15-5-4-7-17(24)11-15)23(31)28-20(22(25)30)13-18-10-9-16-6-2-3-8-19(16)27-18/h2-11,20-21H,12-13H2,1H3,(H2,25,30)(H,26,29)(H,28,31)/t20-,21-/m1/s1. The third kappa shape index (κ3) is 6.08. The van der Waals surface area contributed by atoms with Crippen LogP contribution in [-0.2, 0) is 27.2 Å². The van der Waals surface area contributed by atoms with Crippen molar-refractivity contribution in [3.8, 4) is 0 Å². The molecule has 0 saturated heterocycles. The third-order valence-corrected chi connectivity index (χ3v) is 4.75. The van der Waals surface area contributed by atoms with Crippen molar-refractivity contribution in [2.75, 3.05) is 0 Å². The predicted octanol–water partition coefficient (Wildman–Crippen LogP) is 1.63. The minimum Gasteiger partial charge on any atom is -0.368 e. The second-order valence-corrected chi connectivity index (χ2v) is 7.25. The van der Waals surface area contributed by atoms with Gasteiger partial charge in [0, 0.05) is 30.8 Å². The molecule has 31 heavy (non-hydrogen) atoms. The molecule has 2 aromatic carbocycles. The Morgan fingerprint density at radius 1 is 0.968 bits per heavy atom. The van der Waals surface area contributed by atoms with E-state index >= 15 is 0 Å². The van der Waals surface area contributed by atoms with E-state index in [0.717, 1.165) is 10.9 Å². The number of amides is 3. The number of nitrogens with one attached hydrogen (secondary N) is 2. The lowest BCUT2D eigenvalue weighted by molar-refractivity contribution is -0.130. The van der Waals surface area contributed by atoms with Gasteiger partial charge in [0.15, 0.2) is 0 Å². The van der Waals surface area contributed by atoms with Gasteiger partial charge in [-0.2, -0.15) is 0 Å². The Bertz CT molecular complexity index is 1120. The molecule has 0 aliphatic rings. The first-order chi connectivity index (χ1) is 14.8. The van der Waals surface area contributed by atoms with Gasteiger partial charge in [0.25, 0.3) is 0 Å². The number of carbonyl (C=O) groups excluding carboxylic acids is 3.